The van der Waals surface area contributed by atoms with Gasteiger partial charge in [0.15, 0.2) is 6.61 Å². The van der Waals surface area contributed by atoms with Crippen LogP contribution in [0.1, 0.15) is 46.0 Å². The third-order valence-corrected chi connectivity index (χ3v) is 5.16. The summed E-state index contributed by atoms with van der Waals surface area (Å²) in [6.45, 7) is 3.47. The highest BCUT2D eigenvalue weighted by atomic mass is 16.5. The molecule has 0 spiro atoms. The zero-order valence-electron chi connectivity index (χ0n) is 19.5. The van der Waals surface area contributed by atoms with E-state index in [1.54, 1.807) is 18.2 Å². The van der Waals surface area contributed by atoms with Crippen LogP contribution < -0.4 is 10.7 Å². The maximum Gasteiger partial charge on any atom is 0.338 e. The van der Waals surface area contributed by atoms with Crippen LogP contribution in [0.2, 0.25) is 0 Å². The Bertz CT molecular complexity index is 1110. The standard InChI is InChI=1S/C25H27N3O7/c1-3-11-34-24(32)17-7-9-20(10-8-17)26-21(29)15-35-25(33)19-13-22(30)28(14-19)27-23(31)18-6-4-5-16(2)12-18/h4-10,12,19H,3,11,13-15H2,1-2H3,(H,26,29)(H,27,31). The minimum atomic E-state index is -0.804. The van der Waals surface area contributed by atoms with Crippen LogP contribution in [0.3, 0.4) is 0 Å². The SMILES string of the molecule is CCCOC(=O)c1ccc(NC(=O)COC(=O)C2CC(=O)N(NC(=O)c3cccc(C)c3)C2)cc1. The van der Waals surface area contributed by atoms with E-state index in [9.17, 15) is 24.0 Å². The maximum atomic E-state index is 12.4. The van der Waals surface area contributed by atoms with Crippen molar-refractivity contribution in [1.82, 2.24) is 10.4 Å². The molecular weight excluding hydrogens is 454 g/mol. The van der Waals surface area contributed by atoms with Gasteiger partial charge in [0.2, 0.25) is 5.91 Å². The molecule has 0 radical (unpaired) electrons. The van der Waals surface area contributed by atoms with E-state index in [1.807, 2.05) is 19.9 Å². The number of esters is 2. The fraction of sp³-hybridized carbons (Fsp3) is 0.320. The van der Waals surface area contributed by atoms with Crippen molar-refractivity contribution < 1.29 is 33.4 Å². The first-order chi connectivity index (χ1) is 16.8. The predicted octanol–water partition coefficient (Wildman–Crippen LogP) is 2.24. The normalized spacial score (nSPS) is 14.9. The van der Waals surface area contributed by atoms with Gasteiger partial charge in [-0.1, -0.05) is 24.6 Å². The van der Waals surface area contributed by atoms with Gasteiger partial charge in [-0.3, -0.25) is 29.6 Å². The minimum Gasteiger partial charge on any atom is -0.462 e. The molecule has 35 heavy (non-hydrogen) atoms. The van der Waals surface area contributed by atoms with Crippen LogP contribution in [0.4, 0.5) is 5.69 Å². The van der Waals surface area contributed by atoms with Crippen molar-refractivity contribution in [3.63, 3.8) is 0 Å². The second-order valence-electron chi connectivity index (χ2n) is 8.08. The van der Waals surface area contributed by atoms with Gasteiger partial charge in [0.05, 0.1) is 24.6 Å². The molecule has 0 bridgehead atoms. The van der Waals surface area contributed by atoms with Crippen LogP contribution in [0, 0.1) is 12.8 Å². The van der Waals surface area contributed by atoms with Gasteiger partial charge in [0, 0.05) is 17.7 Å². The van der Waals surface area contributed by atoms with Crippen molar-refractivity contribution >= 4 is 35.3 Å². The van der Waals surface area contributed by atoms with Crippen molar-refractivity contribution in [3.05, 3.63) is 65.2 Å². The number of rotatable bonds is 9. The summed E-state index contributed by atoms with van der Waals surface area (Å²) in [4.78, 5) is 60.9. The van der Waals surface area contributed by atoms with E-state index in [-0.39, 0.29) is 13.0 Å². The average molecular weight is 482 g/mol. The second-order valence-corrected chi connectivity index (χ2v) is 8.08. The number of aryl methyl sites for hydroxylation is 1. The van der Waals surface area contributed by atoms with Crippen LogP contribution in [0.15, 0.2) is 48.5 Å². The van der Waals surface area contributed by atoms with E-state index in [1.165, 1.54) is 24.3 Å². The van der Waals surface area contributed by atoms with E-state index in [0.29, 0.717) is 29.8 Å². The number of carbonyl (C=O) groups is 5. The van der Waals surface area contributed by atoms with Gasteiger partial charge in [0.25, 0.3) is 11.8 Å². The van der Waals surface area contributed by atoms with Crippen molar-refractivity contribution in [2.75, 3.05) is 25.1 Å². The average Bonchev–Trinajstić information content (AvgIpc) is 3.21. The Hall–Kier alpha value is -4.21. The molecule has 184 valence electrons. The number of hydrazine groups is 1. The third-order valence-electron chi connectivity index (χ3n) is 5.16. The lowest BCUT2D eigenvalue weighted by Crippen LogP contribution is -2.43. The Kier molecular flexibility index (Phi) is 8.55. The highest BCUT2D eigenvalue weighted by Gasteiger charge is 2.36. The first-order valence-corrected chi connectivity index (χ1v) is 11.2. The quantitative estimate of drug-likeness (QED) is 0.525. The topological polar surface area (TPSA) is 131 Å². The lowest BCUT2D eigenvalue weighted by atomic mass is 10.1. The van der Waals surface area contributed by atoms with Crippen LogP contribution in [0.5, 0.6) is 0 Å². The molecule has 1 aliphatic heterocycles. The molecule has 1 saturated heterocycles. The van der Waals surface area contributed by atoms with Crippen molar-refractivity contribution in [2.45, 2.75) is 26.7 Å². The number of nitrogens with zero attached hydrogens (tertiary/aromatic N) is 1. The van der Waals surface area contributed by atoms with E-state index in [2.05, 4.69) is 10.7 Å². The summed E-state index contributed by atoms with van der Waals surface area (Å²) in [7, 11) is 0. The first-order valence-electron chi connectivity index (χ1n) is 11.2. The van der Waals surface area contributed by atoms with Crippen LogP contribution >= 0.6 is 0 Å². The summed E-state index contributed by atoms with van der Waals surface area (Å²) in [5.41, 5.74) is 4.57. The number of anilines is 1. The number of ether oxygens (including phenoxy) is 2. The predicted molar refractivity (Wildman–Crippen MR) is 125 cm³/mol. The largest absolute Gasteiger partial charge is 0.462 e. The second kappa shape index (κ2) is 11.8. The molecule has 0 saturated carbocycles. The molecule has 2 aromatic rings. The molecule has 1 fully saturated rings. The zero-order valence-corrected chi connectivity index (χ0v) is 19.5. The monoisotopic (exact) mass is 481 g/mol. The molecular formula is C25H27N3O7. The summed E-state index contributed by atoms with van der Waals surface area (Å²) >= 11 is 0. The summed E-state index contributed by atoms with van der Waals surface area (Å²) in [6.07, 6.45) is 0.581. The molecule has 0 aliphatic carbocycles. The summed E-state index contributed by atoms with van der Waals surface area (Å²) in [6, 6.07) is 13.0. The lowest BCUT2D eigenvalue weighted by molar-refractivity contribution is -0.151. The number of benzene rings is 2. The molecule has 3 rings (SSSR count). The maximum absolute atomic E-state index is 12.4. The Morgan fingerprint density at radius 3 is 2.46 bits per heavy atom. The van der Waals surface area contributed by atoms with Gasteiger partial charge in [0.1, 0.15) is 0 Å². The van der Waals surface area contributed by atoms with Gasteiger partial charge in [-0.2, -0.15) is 0 Å². The van der Waals surface area contributed by atoms with E-state index in [4.69, 9.17) is 9.47 Å². The fourth-order valence-corrected chi connectivity index (χ4v) is 3.37. The smallest absolute Gasteiger partial charge is 0.338 e. The van der Waals surface area contributed by atoms with Gasteiger partial charge < -0.3 is 14.8 Å². The number of nitrogens with one attached hydrogen (secondary N) is 2. The highest BCUT2D eigenvalue weighted by molar-refractivity contribution is 5.97. The molecule has 1 atom stereocenters. The van der Waals surface area contributed by atoms with Crippen molar-refractivity contribution in [3.8, 4) is 0 Å². The van der Waals surface area contributed by atoms with Crippen molar-refractivity contribution in [2.24, 2.45) is 5.92 Å². The summed E-state index contributed by atoms with van der Waals surface area (Å²) < 4.78 is 10.1. The Labute approximate surface area is 202 Å². The molecule has 2 N–H and O–H groups in total. The van der Waals surface area contributed by atoms with Gasteiger partial charge in [-0.25, -0.2) is 4.79 Å². The van der Waals surface area contributed by atoms with Crippen LogP contribution in [0.25, 0.3) is 0 Å². The molecule has 3 amide bonds. The molecule has 10 heteroatoms. The molecule has 10 nitrogen and oxygen atoms in total. The highest BCUT2D eigenvalue weighted by Crippen LogP contribution is 2.18. The first kappa shape index (κ1) is 25.4. The fourth-order valence-electron chi connectivity index (χ4n) is 3.37. The van der Waals surface area contributed by atoms with E-state index < -0.39 is 42.2 Å². The summed E-state index contributed by atoms with van der Waals surface area (Å²) in [5.74, 6) is -3.42. The zero-order chi connectivity index (χ0) is 25.4. The summed E-state index contributed by atoms with van der Waals surface area (Å²) in [5, 5.41) is 3.65. The number of amides is 3. The molecule has 2 aromatic carbocycles. The Morgan fingerprint density at radius 2 is 1.77 bits per heavy atom. The molecule has 1 heterocycles. The third kappa shape index (κ3) is 7.13. The number of hydrogen-bond donors (Lipinski definition) is 2. The van der Waals surface area contributed by atoms with Gasteiger partial charge in [-0.15, -0.1) is 0 Å². The van der Waals surface area contributed by atoms with Crippen LogP contribution in [-0.4, -0.2) is 54.4 Å². The molecule has 1 unspecified atom stereocenters. The Morgan fingerprint density at radius 1 is 1.03 bits per heavy atom. The Balaban J connectivity index is 1.44. The van der Waals surface area contributed by atoms with Crippen molar-refractivity contribution in [1.29, 1.82) is 0 Å². The number of carbonyl (C=O) groups excluding carboxylic acids is 5. The molecule has 0 aromatic heterocycles. The van der Waals surface area contributed by atoms with Crippen LogP contribution in [-0.2, 0) is 23.9 Å². The molecule has 1 aliphatic rings. The van der Waals surface area contributed by atoms with E-state index >= 15 is 0 Å². The van der Waals surface area contributed by atoms with Gasteiger partial charge in [-0.05, 0) is 49.7 Å². The minimum absolute atomic E-state index is 0.0492. The lowest BCUT2D eigenvalue weighted by Gasteiger charge is -2.17. The van der Waals surface area contributed by atoms with Gasteiger partial charge >= 0.3 is 11.9 Å². The number of hydrogen-bond acceptors (Lipinski definition) is 7. The van der Waals surface area contributed by atoms with E-state index in [0.717, 1.165) is 10.6 Å².